The van der Waals surface area contributed by atoms with Gasteiger partial charge in [-0.1, -0.05) is 42.5 Å². The zero-order valence-corrected chi connectivity index (χ0v) is 16.6. The number of amides is 1. The molecule has 3 rings (SSSR count). The van der Waals surface area contributed by atoms with E-state index in [0.29, 0.717) is 6.42 Å². The zero-order chi connectivity index (χ0) is 20.5. The number of nitrogens with zero attached hydrogens (tertiary/aromatic N) is 2. The van der Waals surface area contributed by atoms with Crippen molar-refractivity contribution < 1.29 is 4.79 Å². The molecule has 0 atom stereocenters. The molecule has 1 N–H and O–H groups in total. The van der Waals surface area contributed by atoms with Gasteiger partial charge < -0.3 is 5.32 Å². The van der Waals surface area contributed by atoms with Crippen molar-refractivity contribution >= 4 is 30.1 Å². The van der Waals surface area contributed by atoms with E-state index in [2.05, 4.69) is 58.4 Å². The lowest BCUT2D eigenvalue weighted by molar-refractivity contribution is -0.116. The van der Waals surface area contributed by atoms with Crippen LogP contribution in [0.4, 0.5) is 11.4 Å². The molecule has 0 fully saturated rings. The standard InChI is InChI=1S/C25H25N3O/c1-3-6-22-17-21(14-15-24(22)26-2)20-12-10-19(11-13-20)7-4-9-25(29)28-23-8-5-16-27-18-23/h3,5-6,8,10-18H,2,4,7,9H2,1H3,(H,28,29)/b6-3-. The topological polar surface area (TPSA) is 54.4 Å². The van der Waals surface area contributed by atoms with Crippen LogP contribution in [0.1, 0.15) is 30.9 Å². The number of aryl methyl sites for hydroxylation is 1. The van der Waals surface area contributed by atoms with Crippen LogP contribution in [0.3, 0.4) is 0 Å². The van der Waals surface area contributed by atoms with Crippen molar-refractivity contribution in [3.05, 3.63) is 84.2 Å². The summed E-state index contributed by atoms with van der Waals surface area (Å²) in [6.07, 6.45) is 9.53. The Labute approximate surface area is 172 Å². The van der Waals surface area contributed by atoms with E-state index in [1.54, 1.807) is 18.5 Å². The summed E-state index contributed by atoms with van der Waals surface area (Å²) in [4.78, 5) is 20.1. The van der Waals surface area contributed by atoms with E-state index < -0.39 is 0 Å². The highest BCUT2D eigenvalue weighted by atomic mass is 16.1. The summed E-state index contributed by atoms with van der Waals surface area (Å²) in [5, 5.41) is 2.86. The number of carbonyl (C=O) groups excluding carboxylic acids is 1. The normalized spacial score (nSPS) is 10.8. The lowest BCUT2D eigenvalue weighted by Crippen LogP contribution is -2.11. The van der Waals surface area contributed by atoms with Crippen molar-refractivity contribution in [3.8, 4) is 11.1 Å². The number of benzene rings is 2. The van der Waals surface area contributed by atoms with Gasteiger partial charge >= 0.3 is 0 Å². The summed E-state index contributed by atoms with van der Waals surface area (Å²) in [5.41, 5.74) is 6.20. The second-order valence-corrected chi connectivity index (χ2v) is 6.77. The smallest absolute Gasteiger partial charge is 0.224 e. The molecule has 0 saturated heterocycles. The Morgan fingerprint density at radius 1 is 1.14 bits per heavy atom. The minimum atomic E-state index is 0.0158. The predicted molar refractivity (Wildman–Crippen MR) is 122 cm³/mol. The van der Waals surface area contributed by atoms with E-state index >= 15 is 0 Å². The average Bonchev–Trinajstić information content (AvgIpc) is 2.75. The van der Waals surface area contributed by atoms with Gasteiger partial charge in [0.15, 0.2) is 0 Å². The first-order valence-electron chi connectivity index (χ1n) is 9.72. The number of allylic oxidation sites excluding steroid dienone is 1. The lowest BCUT2D eigenvalue weighted by Gasteiger charge is -2.08. The maximum atomic E-state index is 12.0. The van der Waals surface area contributed by atoms with Gasteiger partial charge in [0.1, 0.15) is 0 Å². The molecule has 1 heterocycles. The number of aliphatic imine (C=N–C) groups is 1. The number of anilines is 1. The molecule has 0 spiro atoms. The van der Waals surface area contributed by atoms with Gasteiger partial charge in [-0.15, -0.1) is 0 Å². The first-order valence-corrected chi connectivity index (χ1v) is 9.72. The van der Waals surface area contributed by atoms with Crippen molar-refractivity contribution in [2.45, 2.75) is 26.2 Å². The summed E-state index contributed by atoms with van der Waals surface area (Å²) in [6, 6.07) is 18.3. The molecule has 146 valence electrons. The quantitative estimate of drug-likeness (QED) is 0.480. The third kappa shape index (κ3) is 5.72. The van der Waals surface area contributed by atoms with Gasteiger partial charge in [0, 0.05) is 18.2 Å². The van der Waals surface area contributed by atoms with Crippen LogP contribution in [0.5, 0.6) is 0 Å². The van der Waals surface area contributed by atoms with E-state index in [9.17, 15) is 4.79 Å². The SMILES string of the molecule is C=Nc1ccc(-c2ccc(CCCC(=O)Nc3cccnc3)cc2)cc1/C=C\C. The molecule has 4 heteroatoms. The fourth-order valence-electron chi connectivity index (χ4n) is 3.17. The predicted octanol–water partition coefficient (Wildman–Crippen LogP) is 6.08. The van der Waals surface area contributed by atoms with Gasteiger partial charge in [-0.3, -0.25) is 14.8 Å². The highest BCUT2D eigenvalue weighted by Gasteiger charge is 2.05. The molecule has 3 aromatic rings. The monoisotopic (exact) mass is 383 g/mol. The van der Waals surface area contributed by atoms with Crippen LogP contribution in [0.2, 0.25) is 0 Å². The summed E-state index contributed by atoms with van der Waals surface area (Å²) < 4.78 is 0. The van der Waals surface area contributed by atoms with Crippen LogP contribution in [0.15, 0.2) is 78.1 Å². The highest BCUT2D eigenvalue weighted by Crippen LogP contribution is 2.28. The number of nitrogens with one attached hydrogen (secondary N) is 1. The molecule has 0 saturated carbocycles. The Hall–Kier alpha value is -3.53. The molecular formula is C25H25N3O. The largest absolute Gasteiger partial charge is 0.325 e. The molecule has 0 bridgehead atoms. The first kappa shape index (κ1) is 20.2. The van der Waals surface area contributed by atoms with E-state index in [4.69, 9.17) is 0 Å². The number of carbonyl (C=O) groups is 1. The molecule has 1 aromatic heterocycles. The number of hydrogen-bond acceptors (Lipinski definition) is 3. The van der Waals surface area contributed by atoms with Crippen LogP contribution >= 0.6 is 0 Å². The van der Waals surface area contributed by atoms with Gasteiger partial charge in [-0.2, -0.15) is 0 Å². The van der Waals surface area contributed by atoms with E-state index in [1.807, 2.05) is 31.2 Å². The summed E-state index contributed by atoms with van der Waals surface area (Å²) in [7, 11) is 0. The maximum Gasteiger partial charge on any atom is 0.224 e. The van der Waals surface area contributed by atoms with Crippen molar-refractivity contribution in [2.75, 3.05) is 5.32 Å². The lowest BCUT2D eigenvalue weighted by atomic mass is 9.99. The molecule has 29 heavy (non-hydrogen) atoms. The Morgan fingerprint density at radius 2 is 1.93 bits per heavy atom. The Balaban J connectivity index is 1.57. The van der Waals surface area contributed by atoms with Crippen molar-refractivity contribution in [3.63, 3.8) is 0 Å². The summed E-state index contributed by atoms with van der Waals surface area (Å²) in [5.74, 6) is 0.0158. The average molecular weight is 383 g/mol. The van der Waals surface area contributed by atoms with Crippen LogP contribution < -0.4 is 5.32 Å². The van der Waals surface area contributed by atoms with Crippen LogP contribution in [0.25, 0.3) is 17.2 Å². The van der Waals surface area contributed by atoms with Crippen molar-refractivity contribution in [2.24, 2.45) is 4.99 Å². The zero-order valence-electron chi connectivity index (χ0n) is 16.6. The minimum Gasteiger partial charge on any atom is -0.325 e. The Morgan fingerprint density at radius 3 is 2.62 bits per heavy atom. The van der Waals surface area contributed by atoms with E-state index in [1.165, 1.54) is 5.56 Å². The fourth-order valence-corrected chi connectivity index (χ4v) is 3.17. The van der Waals surface area contributed by atoms with Crippen LogP contribution in [0, 0.1) is 0 Å². The fraction of sp³-hybridized carbons (Fsp3) is 0.160. The van der Waals surface area contributed by atoms with Gasteiger partial charge in [0.25, 0.3) is 0 Å². The molecule has 1 amide bonds. The number of hydrogen-bond donors (Lipinski definition) is 1. The molecule has 0 aliphatic heterocycles. The molecule has 0 aliphatic rings. The second-order valence-electron chi connectivity index (χ2n) is 6.77. The maximum absolute atomic E-state index is 12.0. The van der Waals surface area contributed by atoms with Crippen molar-refractivity contribution in [1.29, 1.82) is 0 Å². The van der Waals surface area contributed by atoms with Crippen LogP contribution in [-0.2, 0) is 11.2 Å². The van der Waals surface area contributed by atoms with Gasteiger partial charge in [-0.05, 0) is 67.4 Å². The summed E-state index contributed by atoms with van der Waals surface area (Å²) in [6.45, 7) is 5.63. The number of aromatic nitrogens is 1. The van der Waals surface area contributed by atoms with Crippen molar-refractivity contribution in [1.82, 2.24) is 4.98 Å². The molecule has 2 aromatic carbocycles. The van der Waals surface area contributed by atoms with Gasteiger partial charge in [0.2, 0.25) is 5.91 Å². The first-order chi connectivity index (χ1) is 14.2. The number of rotatable bonds is 8. The van der Waals surface area contributed by atoms with Crippen LogP contribution in [-0.4, -0.2) is 17.6 Å². The molecular weight excluding hydrogens is 358 g/mol. The Bertz CT molecular complexity index is 992. The third-order valence-electron chi connectivity index (χ3n) is 4.65. The van der Waals surface area contributed by atoms with Gasteiger partial charge in [-0.25, -0.2) is 0 Å². The van der Waals surface area contributed by atoms with Gasteiger partial charge in [0.05, 0.1) is 17.6 Å². The molecule has 4 nitrogen and oxygen atoms in total. The second kappa shape index (κ2) is 10.1. The van der Waals surface area contributed by atoms with E-state index in [0.717, 1.165) is 40.9 Å². The summed E-state index contributed by atoms with van der Waals surface area (Å²) >= 11 is 0. The molecule has 0 aliphatic carbocycles. The van der Waals surface area contributed by atoms with E-state index in [-0.39, 0.29) is 5.91 Å². The number of pyridine rings is 1. The third-order valence-corrected chi connectivity index (χ3v) is 4.65. The Kier molecular flexibility index (Phi) is 7.06. The highest BCUT2D eigenvalue weighted by molar-refractivity contribution is 5.90. The minimum absolute atomic E-state index is 0.0158. The molecule has 0 unspecified atom stereocenters. The molecule has 0 radical (unpaired) electrons.